The monoisotopic (exact) mass is 407 g/mol. The third kappa shape index (κ3) is 3.80. The SMILES string of the molecule is Cn1ncc(NC(=O)c2cc(Oc3ccc(C#N)c(F)c3)c3c(c2)OC(C)(C)C3)n1. The first-order valence-electron chi connectivity index (χ1n) is 9.15. The molecule has 152 valence electrons. The fourth-order valence-corrected chi connectivity index (χ4v) is 3.24. The van der Waals surface area contributed by atoms with E-state index in [1.54, 1.807) is 25.2 Å². The number of nitriles is 1. The van der Waals surface area contributed by atoms with Gasteiger partial charge in [-0.1, -0.05) is 0 Å². The molecule has 4 rings (SSSR count). The molecule has 0 radical (unpaired) electrons. The highest BCUT2D eigenvalue weighted by molar-refractivity contribution is 6.04. The summed E-state index contributed by atoms with van der Waals surface area (Å²) >= 11 is 0. The molecule has 2 aromatic carbocycles. The highest BCUT2D eigenvalue weighted by atomic mass is 19.1. The number of rotatable bonds is 4. The van der Waals surface area contributed by atoms with Gasteiger partial charge in [-0.15, -0.1) is 5.10 Å². The second-order valence-corrected chi connectivity index (χ2v) is 7.52. The maximum Gasteiger partial charge on any atom is 0.257 e. The number of ether oxygens (including phenoxy) is 2. The van der Waals surface area contributed by atoms with E-state index in [4.69, 9.17) is 14.7 Å². The highest BCUT2D eigenvalue weighted by Crippen LogP contribution is 2.43. The van der Waals surface area contributed by atoms with Gasteiger partial charge >= 0.3 is 0 Å². The van der Waals surface area contributed by atoms with Crippen molar-refractivity contribution in [3.8, 4) is 23.3 Å². The quantitative estimate of drug-likeness (QED) is 0.709. The average molecular weight is 407 g/mol. The Kier molecular flexibility index (Phi) is 4.62. The smallest absolute Gasteiger partial charge is 0.257 e. The molecule has 8 nitrogen and oxygen atoms in total. The number of carbonyl (C=O) groups excluding carboxylic acids is 1. The molecule has 1 N–H and O–H groups in total. The molecule has 1 aromatic heterocycles. The maximum absolute atomic E-state index is 14.0. The predicted octanol–water partition coefficient (Wildman–Crippen LogP) is 3.58. The zero-order valence-electron chi connectivity index (χ0n) is 16.6. The number of hydrogen-bond acceptors (Lipinski definition) is 6. The van der Waals surface area contributed by atoms with Gasteiger partial charge in [0.2, 0.25) is 0 Å². The van der Waals surface area contributed by atoms with Crippen molar-refractivity contribution >= 4 is 11.7 Å². The fourth-order valence-electron chi connectivity index (χ4n) is 3.24. The molecule has 30 heavy (non-hydrogen) atoms. The summed E-state index contributed by atoms with van der Waals surface area (Å²) in [6.45, 7) is 3.86. The summed E-state index contributed by atoms with van der Waals surface area (Å²) in [6, 6.07) is 8.97. The van der Waals surface area contributed by atoms with Crippen LogP contribution < -0.4 is 14.8 Å². The zero-order chi connectivity index (χ0) is 21.5. The first-order chi connectivity index (χ1) is 14.2. The second-order valence-electron chi connectivity index (χ2n) is 7.52. The van der Waals surface area contributed by atoms with E-state index >= 15 is 0 Å². The number of aromatic nitrogens is 3. The minimum Gasteiger partial charge on any atom is -0.487 e. The van der Waals surface area contributed by atoms with Crippen LogP contribution in [0.5, 0.6) is 17.2 Å². The molecule has 0 spiro atoms. The number of carbonyl (C=O) groups is 1. The molecule has 3 aromatic rings. The molecule has 0 fully saturated rings. The highest BCUT2D eigenvalue weighted by Gasteiger charge is 2.34. The minimum absolute atomic E-state index is 0.0749. The molecule has 1 amide bonds. The van der Waals surface area contributed by atoms with E-state index in [1.165, 1.54) is 23.1 Å². The Bertz CT molecular complexity index is 1200. The molecule has 0 aliphatic carbocycles. The van der Waals surface area contributed by atoms with E-state index in [1.807, 2.05) is 13.8 Å². The van der Waals surface area contributed by atoms with Crippen LogP contribution in [0.15, 0.2) is 36.5 Å². The molecule has 0 unspecified atom stereocenters. The van der Waals surface area contributed by atoms with Crippen molar-refractivity contribution in [1.29, 1.82) is 5.26 Å². The normalized spacial score (nSPS) is 13.8. The van der Waals surface area contributed by atoms with E-state index in [0.29, 0.717) is 29.3 Å². The van der Waals surface area contributed by atoms with Gasteiger partial charge in [-0.25, -0.2) is 4.39 Å². The Morgan fingerprint density at radius 2 is 2.17 bits per heavy atom. The lowest BCUT2D eigenvalue weighted by Crippen LogP contribution is -2.24. The number of anilines is 1. The third-order valence-corrected chi connectivity index (χ3v) is 4.55. The molecule has 1 aliphatic heterocycles. The van der Waals surface area contributed by atoms with Crippen LogP contribution in [-0.2, 0) is 13.5 Å². The van der Waals surface area contributed by atoms with Gasteiger partial charge in [0.1, 0.15) is 34.7 Å². The van der Waals surface area contributed by atoms with Crippen LogP contribution in [-0.4, -0.2) is 26.5 Å². The van der Waals surface area contributed by atoms with Crippen molar-refractivity contribution in [2.45, 2.75) is 25.9 Å². The van der Waals surface area contributed by atoms with Crippen molar-refractivity contribution in [1.82, 2.24) is 15.0 Å². The predicted molar refractivity (Wildman–Crippen MR) is 105 cm³/mol. The third-order valence-electron chi connectivity index (χ3n) is 4.55. The van der Waals surface area contributed by atoms with Crippen LogP contribution in [0.25, 0.3) is 0 Å². The first kappa shape index (κ1) is 19.4. The van der Waals surface area contributed by atoms with Crippen LogP contribution in [0.1, 0.15) is 35.3 Å². The molecule has 1 aliphatic rings. The van der Waals surface area contributed by atoms with Gasteiger partial charge in [0.05, 0.1) is 11.8 Å². The van der Waals surface area contributed by atoms with Crippen LogP contribution >= 0.6 is 0 Å². The zero-order valence-corrected chi connectivity index (χ0v) is 16.6. The van der Waals surface area contributed by atoms with Crippen molar-refractivity contribution in [2.75, 3.05) is 5.32 Å². The maximum atomic E-state index is 14.0. The van der Waals surface area contributed by atoms with E-state index in [-0.39, 0.29) is 11.3 Å². The number of aryl methyl sites for hydroxylation is 1. The number of benzene rings is 2. The number of nitrogens with one attached hydrogen (secondary N) is 1. The number of nitrogens with zero attached hydrogens (tertiary/aromatic N) is 4. The van der Waals surface area contributed by atoms with E-state index in [9.17, 15) is 9.18 Å². The van der Waals surface area contributed by atoms with Crippen molar-refractivity contribution < 1.29 is 18.7 Å². The van der Waals surface area contributed by atoms with Gasteiger partial charge < -0.3 is 14.8 Å². The molecule has 0 bridgehead atoms. The molecular weight excluding hydrogens is 389 g/mol. The van der Waals surface area contributed by atoms with Crippen LogP contribution in [0.3, 0.4) is 0 Å². The van der Waals surface area contributed by atoms with Gasteiger partial charge in [0.25, 0.3) is 5.91 Å². The van der Waals surface area contributed by atoms with E-state index in [2.05, 4.69) is 15.5 Å². The standard InChI is InChI=1S/C21H18FN5O3/c1-21(2)9-15-17(29-14-5-4-12(10-23)16(22)8-14)6-13(7-18(15)30-21)20(28)25-19-11-24-27(3)26-19/h4-8,11H,9H2,1-3H3,(H,25,26,28). The van der Waals surface area contributed by atoms with Crippen LogP contribution in [0, 0.1) is 17.1 Å². The van der Waals surface area contributed by atoms with Gasteiger partial charge in [-0.05, 0) is 38.1 Å². The Morgan fingerprint density at radius 3 is 2.83 bits per heavy atom. The number of halogens is 1. The summed E-state index contributed by atoms with van der Waals surface area (Å²) in [6.07, 6.45) is 1.99. The molecular formula is C21H18FN5O3. The Morgan fingerprint density at radius 1 is 1.37 bits per heavy atom. The molecule has 0 saturated carbocycles. The van der Waals surface area contributed by atoms with E-state index < -0.39 is 17.3 Å². The summed E-state index contributed by atoms with van der Waals surface area (Å²) in [5, 5.41) is 19.5. The van der Waals surface area contributed by atoms with Crippen LogP contribution in [0.2, 0.25) is 0 Å². The van der Waals surface area contributed by atoms with Crippen LogP contribution in [0.4, 0.5) is 10.2 Å². The Balaban J connectivity index is 1.69. The summed E-state index contributed by atoms with van der Waals surface area (Å²) in [7, 11) is 1.64. The molecule has 0 atom stereocenters. The Labute approximate surface area is 171 Å². The van der Waals surface area contributed by atoms with Crippen molar-refractivity contribution in [3.05, 3.63) is 59.0 Å². The van der Waals surface area contributed by atoms with Gasteiger partial charge in [-0.3, -0.25) is 4.79 Å². The molecule has 9 heteroatoms. The van der Waals surface area contributed by atoms with Crippen molar-refractivity contribution in [2.24, 2.45) is 7.05 Å². The number of fused-ring (bicyclic) bond motifs is 1. The average Bonchev–Trinajstić information content (AvgIpc) is 3.22. The van der Waals surface area contributed by atoms with E-state index in [0.717, 1.165) is 11.6 Å². The summed E-state index contributed by atoms with van der Waals surface area (Å²) < 4.78 is 25.9. The van der Waals surface area contributed by atoms with Gasteiger partial charge in [0, 0.05) is 30.7 Å². The Hall–Kier alpha value is -3.93. The largest absolute Gasteiger partial charge is 0.487 e. The first-order valence-corrected chi connectivity index (χ1v) is 9.15. The van der Waals surface area contributed by atoms with Gasteiger partial charge in [-0.2, -0.15) is 15.2 Å². The summed E-state index contributed by atoms with van der Waals surface area (Å²) in [5.41, 5.74) is 0.521. The molecule has 0 saturated heterocycles. The topological polar surface area (TPSA) is 102 Å². The number of hydrogen-bond donors (Lipinski definition) is 1. The summed E-state index contributed by atoms with van der Waals surface area (Å²) in [4.78, 5) is 14.1. The molecule has 2 heterocycles. The fraction of sp³-hybridized carbons (Fsp3) is 0.238. The number of amides is 1. The second kappa shape index (κ2) is 7.15. The summed E-state index contributed by atoms with van der Waals surface area (Å²) in [5.74, 6) is 0.329. The lowest BCUT2D eigenvalue weighted by molar-refractivity contribution is 0.102. The lowest BCUT2D eigenvalue weighted by Gasteiger charge is -2.16. The van der Waals surface area contributed by atoms with Gasteiger partial charge in [0.15, 0.2) is 5.82 Å². The van der Waals surface area contributed by atoms with Crippen molar-refractivity contribution in [3.63, 3.8) is 0 Å². The lowest BCUT2D eigenvalue weighted by atomic mass is 9.99. The minimum atomic E-state index is -0.681.